The lowest BCUT2D eigenvalue weighted by atomic mass is 9.82. The van der Waals surface area contributed by atoms with Gasteiger partial charge < -0.3 is 14.2 Å². The Bertz CT molecular complexity index is 840. The van der Waals surface area contributed by atoms with Gasteiger partial charge in [0.2, 0.25) is 0 Å². The lowest BCUT2D eigenvalue weighted by molar-refractivity contribution is 0.389. The zero-order valence-corrected chi connectivity index (χ0v) is 13.7. The summed E-state index contributed by atoms with van der Waals surface area (Å²) in [5, 5.41) is 0. The smallest absolute Gasteiger partial charge is 0.131 e. The zero-order valence-electron chi connectivity index (χ0n) is 13.7. The lowest BCUT2D eigenvalue weighted by Gasteiger charge is -2.29. The van der Waals surface area contributed by atoms with Gasteiger partial charge in [-0.05, 0) is 18.2 Å². The van der Waals surface area contributed by atoms with E-state index < -0.39 is 0 Å². The molecule has 0 aromatic heterocycles. The molecule has 0 atom stereocenters. The molecule has 3 aromatic rings. The van der Waals surface area contributed by atoms with E-state index in [1.165, 1.54) is 0 Å². The molecule has 4 rings (SSSR count). The van der Waals surface area contributed by atoms with Crippen molar-refractivity contribution in [2.75, 3.05) is 14.2 Å². The standard InChI is InChI=1S/C21H18O3/c1-22-14-11-12-17(20(13-14)23-2)21-15-7-3-5-9-18(15)24-19-10-6-4-8-16(19)21/h3-13,21H,1-2H3. The molecule has 0 unspecified atom stereocenters. The lowest BCUT2D eigenvalue weighted by Crippen LogP contribution is -2.12. The molecule has 0 aliphatic carbocycles. The van der Waals surface area contributed by atoms with Crippen LogP contribution in [0, 0.1) is 0 Å². The first kappa shape index (κ1) is 14.6. The van der Waals surface area contributed by atoms with Crippen LogP contribution in [0.3, 0.4) is 0 Å². The van der Waals surface area contributed by atoms with Crippen LogP contribution in [0.25, 0.3) is 0 Å². The van der Waals surface area contributed by atoms with E-state index in [-0.39, 0.29) is 5.92 Å². The van der Waals surface area contributed by atoms with Gasteiger partial charge in [-0.1, -0.05) is 42.5 Å². The number of ether oxygens (including phenoxy) is 3. The van der Waals surface area contributed by atoms with Crippen molar-refractivity contribution in [3.63, 3.8) is 0 Å². The van der Waals surface area contributed by atoms with Crippen LogP contribution in [0.15, 0.2) is 66.7 Å². The van der Waals surface area contributed by atoms with Gasteiger partial charge in [-0.15, -0.1) is 0 Å². The molecule has 0 N–H and O–H groups in total. The Morgan fingerprint density at radius 2 is 1.33 bits per heavy atom. The maximum atomic E-state index is 6.08. The Morgan fingerprint density at radius 3 is 1.92 bits per heavy atom. The normalized spacial score (nSPS) is 12.8. The third-order valence-electron chi connectivity index (χ3n) is 4.43. The molecule has 3 aromatic carbocycles. The van der Waals surface area contributed by atoms with Crippen molar-refractivity contribution >= 4 is 0 Å². The number of methoxy groups -OCH3 is 2. The van der Waals surface area contributed by atoms with Gasteiger partial charge in [-0.3, -0.25) is 0 Å². The fourth-order valence-corrected chi connectivity index (χ4v) is 3.30. The summed E-state index contributed by atoms with van der Waals surface area (Å²) in [6.07, 6.45) is 0. The monoisotopic (exact) mass is 318 g/mol. The first-order valence-corrected chi connectivity index (χ1v) is 7.89. The topological polar surface area (TPSA) is 27.7 Å². The average molecular weight is 318 g/mol. The van der Waals surface area contributed by atoms with Crippen LogP contribution < -0.4 is 14.2 Å². The first-order chi connectivity index (χ1) is 11.8. The summed E-state index contributed by atoms with van der Waals surface area (Å²) in [4.78, 5) is 0. The molecular weight excluding hydrogens is 300 g/mol. The largest absolute Gasteiger partial charge is 0.497 e. The summed E-state index contributed by atoms with van der Waals surface area (Å²) in [6, 6.07) is 22.3. The number of para-hydroxylation sites is 2. The van der Waals surface area contributed by atoms with Gasteiger partial charge in [-0.2, -0.15) is 0 Å². The van der Waals surface area contributed by atoms with Crippen molar-refractivity contribution in [1.29, 1.82) is 0 Å². The highest BCUT2D eigenvalue weighted by Gasteiger charge is 2.30. The van der Waals surface area contributed by atoms with E-state index >= 15 is 0 Å². The van der Waals surface area contributed by atoms with Crippen molar-refractivity contribution in [2.24, 2.45) is 0 Å². The molecule has 0 spiro atoms. The first-order valence-electron chi connectivity index (χ1n) is 7.89. The van der Waals surface area contributed by atoms with Crippen LogP contribution in [0.4, 0.5) is 0 Å². The second-order valence-electron chi connectivity index (χ2n) is 5.72. The molecule has 1 aliphatic rings. The molecule has 0 bridgehead atoms. The van der Waals surface area contributed by atoms with E-state index in [2.05, 4.69) is 18.2 Å². The number of hydrogen-bond donors (Lipinski definition) is 0. The van der Waals surface area contributed by atoms with Gasteiger partial charge in [0.25, 0.3) is 0 Å². The van der Waals surface area contributed by atoms with Crippen molar-refractivity contribution in [1.82, 2.24) is 0 Å². The van der Waals surface area contributed by atoms with Gasteiger partial charge in [0, 0.05) is 28.7 Å². The summed E-state index contributed by atoms with van der Waals surface area (Å²) < 4.78 is 17.1. The third kappa shape index (κ3) is 2.29. The summed E-state index contributed by atoms with van der Waals surface area (Å²) in [5.41, 5.74) is 3.38. The quantitative estimate of drug-likeness (QED) is 0.532. The molecular formula is C21H18O3. The highest BCUT2D eigenvalue weighted by molar-refractivity contribution is 5.61. The van der Waals surface area contributed by atoms with Crippen LogP contribution in [0.2, 0.25) is 0 Å². The second-order valence-corrected chi connectivity index (χ2v) is 5.72. The minimum absolute atomic E-state index is 0.0620. The highest BCUT2D eigenvalue weighted by atomic mass is 16.5. The van der Waals surface area contributed by atoms with E-state index in [1.54, 1.807) is 14.2 Å². The Balaban J connectivity index is 1.95. The van der Waals surface area contributed by atoms with E-state index in [0.29, 0.717) is 0 Å². The van der Waals surface area contributed by atoms with Crippen molar-refractivity contribution in [3.8, 4) is 23.0 Å². The van der Waals surface area contributed by atoms with E-state index in [0.717, 1.165) is 39.7 Å². The average Bonchev–Trinajstić information content (AvgIpc) is 2.65. The van der Waals surface area contributed by atoms with Gasteiger partial charge in [0.05, 0.1) is 14.2 Å². The Morgan fingerprint density at radius 1 is 0.708 bits per heavy atom. The zero-order chi connectivity index (χ0) is 16.5. The summed E-state index contributed by atoms with van der Waals surface area (Å²) in [5.74, 6) is 3.43. The molecule has 0 fully saturated rings. The molecule has 0 radical (unpaired) electrons. The van der Waals surface area contributed by atoms with Crippen LogP contribution in [-0.2, 0) is 0 Å². The third-order valence-corrected chi connectivity index (χ3v) is 4.43. The summed E-state index contributed by atoms with van der Waals surface area (Å²) in [6.45, 7) is 0. The van der Waals surface area contributed by atoms with Crippen molar-refractivity contribution in [2.45, 2.75) is 5.92 Å². The van der Waals surface area contributed by atoms with E-state index in [9.17, 15) is 0 Å². The number of fused-ring (bicyclic) bond motifs is 2. The molecule has 1 heterocycles. The Hall–Kier alpha value is -2.94. The highest BCUT2D eigenvalue weighted by Crippen LogP contribution is 2.49. The van der Waals surface area contributed by atoms with Crippen LogP contribution in [0.1, 0.15) is 22.6 Å². The molecule has 3 nitrogen and oxygen atoms in total. The summed E-state index contributed by atoms with van der Waals surface area (Å²) >= 11 is 0. The Labute approximate surface area is 141 Å². The molecule has 0 saturated carbocycles. The molecule has 0 saturated heterocycles. The van der Waals surface area contributed by atoms with E-state index in [1.807, 2.05) is 48.5 Å². The fourth-order valence-electron chi connectivity index (χ4n) is 3.30. The molecule has 24 heavy (non-hydrogen) atoms. The van der Waals surface area contributed by atoms with Crippen LogP contribution in [-0.4, -0.2) is 14.2 Å². The van der Waals surface area contributed by atoms with Gasteiger partial charge in [0.15, 0.2) is 0 Å². The minimum atomic E-state index is 0.0620. The van der Waals surface area contributed by atoms with E-state index in [4.69, 9.17) is 14.2 Å². The van der Waals surface area contributed by atoms with Crippen LogP contribution >= 0.6 is 0 Å². The number of hydrogen-bond acceptors (Lipinski definition) is 3. The van der Waals surface area contributed by atoms with Gasteiger partial charge in [-0.25, -0.2) is 0 Å². The SMILES string of the molecule is COc1ccc(C2c3ccccc3Oc3ccccc32)c(OC)c1. The van der Waals surface area contributed by atoms with Crippen LogP contribution in [0.5, 0.6) is 23.0 Å². The van der Waals surface area contributed by atoms with Crippen molar-refractivity contribution in [3.05, 3.63) is 83.4 Å². The number of benzene rings is 3. The predicted molar refractivity (Wildman–Crippen MR) is 93.4 cm³/mol. The minimum Gasteiger partial charge on any atom is -0.497 e. The second kappa shape index (κ2) is 5.93. The molecule has 0 amide bonds. The maximum absolute atomic E-state index is 6.08. The predicted octanol–water partition coefficient (Wildman–Crippen LogP) is 4.99. The number of rotatable bonds is 3. The molecule has 1 aliphatic heterocycles. The Kier molecular flexibility index (Phi) is 3.62. The molecule has 120 valence electrons. The maximum Gasteiger partial charge on any atom is 0.131 e. The van der Waals surface area contributed by atoms with Crippen molar-refractivity contribution < 1.29 is 14.2 Å². The molecule has 3 heteroatoms. The van der Waals surface area contributed by atoms with Gasteiger partial charge in [0.1, 0.15) is 23.0 Å². The fraction of sp³-hybridized carbons (Fsp3) is 0.143. The van der Waals surface area contributed by atoms with Gasteiger partial charge >= 0.3 is 0 Å². The summed E-state index contributed by atoms with van der Waals surface area (Å²) in [7, 11) is 3.35.